The first-order valence-corrected chi connectivity index (χ1v) is 6.12. The molecule has 4 heteroatoms. The van der Waals surface area contributed by atoms with Crippen LogP contribution < -0.4 is 5.73 Å². The van der Waals surface area contributed by atoms with Gasteiger partial charge in [0.15, 0.2) is 11.5 Å². The van der Waals surface area contributed by atoms with Crippen LogP contribution in [0, 0.1) is 13.8 Å². The molecule has 2 N–H and O–H groups in total. The Labute approximate surface area is 111 Å². The molecule has 0 radical (unpaired) electrons. The molecule has 0 bridgehead atoms. The molecule has 1 aromatic carbocycles. The van der Waals surface area contributed by atoms with E-state index < -0.39 is 0 Å². The number of rotatable bonds is 2. The number of nitrogens with two attached hydrogens (primary N) is 1. The summed E-state index contributed by atoms with van der Waals surface area (Å²) in [4.78, 5) is 0. The van der Waals surface area contributed by atoms with Gasteiger partial charge in [-0.15, -0.1) is 0 Å². The lowest BCUT2D eigenvalue weighted by molar-refractivity contribution is 0.579. The van der Waals surface area contributed by atoms with Gasteiger partial charge in [0.05, 0.1) is 23.8 Å². The predicted octanol–water partition coefficient (Wildman–Crippen LogP) is 3.33. The Morgan fingerprint density at radius 3 is 2.79 bits per heavy atom. The van der Waals surface area contributed by atoms with Crippen LogP contribution in [0.1, 0.15) is 11.1 Å². The molecule has 0 aliphatic rings. The van der Waals surface area contributed by atoms with Gasteiger partial charge in [-0.1, -0.05) is 12.1 Å². The Morgan fingerprint density at radius 2 is 2.05 bits per heavy atom. The van der Waals surface area contributed by atoms with E-state index in [9.17, 15) is 0 Å². The molecule has 0 aliphatic carbocycles. The zero-order chi connectivity index (χ0) is 13.4. The highest BCUT2D eigenvalue weighted by Gasteiger charge is 2.12. The molecule has 0 amide bonds. The normalized spacial score (nSPS) is 10.8. The zero-order valence-corrected chi connectivity index (χ0v) is 10.9. The molecular weight excluding hydrogens is 238 g/mol. The second kappa shape index (κ2) is 4.31. The van der Waals surface area contributed by atoms with Crippen molar-refractivity contribution in [3.8, 4) is 17.1 Å². The summed E-state index contributed by atoms with van der Waals surface area (Å²) in [6.45, 7) is 4.11. The van der Waals surface area contributed by atoms with Crippen molar-refractivity contribution < 1.29 is 4.42 Å². The third-order valence-electron chi connectivity index (χ3n) is 3.11. The molecule has 0 fully saturated rings. The van der Waals surface area contributed by atoms with E-state index in [0.717, 1.165) is 11.3 Å². The maximum absolute atomic E-state index is 6.01. The van der Waals surface area contributed by atoms with Gasteiger partial charge >= 0.3 is 0 Å². The van der Waals surface area contributed by atoms with Crippen molar-refractivity contribution >= 4 is 5.69 Å². The van der Waals surface area contributed by atoms with Gasteiger partial charge in [0.1, 0.15) is 0 Å². The minimum Gasteiger partial charge on any atom is -0.463 e. The van der Waals surface area contributed by atoms with Crippen LogP contribution in [0.2, 0.25) is 0 Å². The number of hydrogen-bond acceptors (Lipinski definition) is 3. The summed E-state index contributed by atoms with van der Waals surface area (Å²) in [5, 5.41) is 4.52. The number of hydrogen-bond donors (Lipinski definition) is 1. The Balaban J connectivity index is 2.12. The Kier molecular flexibility index (Phi) is 2.63. The number of anilines is 1. The van der Waals surface area contributed by atoms with E-state index in [1.165, 1.54) is 5.56 Å². The highest BCUT2D eigenvalue weighted by molar-refractivity contribution is 5.68. The van der Waals surface area contributed by atoms with Crippen LogP contribution in [0.5, 0.6) is 0 Å². The average Bonchev–Trinajstić information content (AvgIpc) is 3.01. The Bertz CT molecular complexity index is 711. The van der Waals surface area contributed by atoms with Gasteiger partial charge < -0.3 is 10.2 Å². The molecule has 0 aliphatic heterocycles. The number of nitrogens with zero attached hydrogens (tertiary/aromatic N) is 2. The summed E-state index contributed by atoms with van der Waals surface area (Å²) in [6.07, 6.45) is 3.44. The topological polar surface area (TPSA) is 57.0 Å². The van der Waals surface area contributed by atoms with Crippen molar-refractivity contribution in [3.05, 3.63) is 53.9 Å². The lowest BCUT2D eigenvalue weighted by atomic mass is 10.1. The number of aromatic nitrogens is 2. The molecular formula is C15H15N3O. The van der Waals surface area contributed by atoms with E-state index in [-0.39, 0.29) is 0 Å². The van der Waals surface area contributed by atoms with Crippen LogP contribution in [-0.4, -0.2) is 9.78 Å². The molecule has 2 aromatic heterocycles. The molecule has 2 heterocycles. The van der Waals surface area contributed by atoms with Crippen molar-refractivity contribution in [1.82, 2.24) is 9.78 Å². The van der Waals surface area contributed by atoms with E-state index in [1.807, 2.05) is 18.3 Å². The summed E-state index contributed by atoms with van der Waals surface area (Å²) in [5.41, 5.74) is 10.7. The van der Waals surface area contributed by atoms with Crippen molar-refractivity contribution in [2.24, 2.45) is 0 Å². The van der Waals surface area contributed by atoms with Crippen LogP contribution in [0.25, 0.3) is 17.1 Å². The van der Waals surface area contributed by atoms with E-state index in [0.29, 0.717) is 17.1 Å². The third kappa shape index (κ3) is 2.01. The third-order valence-corrected chi connectivity index (χ3v) is 3.11. The summed E-state index contributed by atoms with van der Waals surface area (Å²) in [5.74, 6) is 0.682. The molecule has 3 aromatic rings. The van der Waals surface area contributed by atoms with Crippen molar-refractivity contribution in [3.63, 3.8) is 0 Å². The van der Waals surface area contributed by atoms with Crippen molar-refractivity contribution in [2.45, 2.75) is 13.8 Å². The highest BCUT2D eigenvalue weighted by atomic mass is 16.3. The number of aryl methyl sites for hydroxylation is 2. The van der Waals surface area contributed by atoms with Gasteiger partial charge in [0.25, 0.3) is 0 Å². The molecule has 3 rings (SSSR count). The maximum atomic E-state index is 6.01. The van der Waals surface area contributed by atoms with Gasteiger partial charge in [-0.3, -0.25) is 0 Å². The molecule has 19 heavy (non-hydrogen) atoms. The van der Waals surface area contributed by atoms with E-state index >= 15 is 0 Å². The number of benzene rings is 1. The highest BCUT2D eigenvalue weighted by Crippen LogP contribution is 2.26. The molecule has 96 valence electrons. The van der Waals surface area contributed by atoms with Crippen LogP contribution in [0.3, 0.4) is 0 Å². The van der Waals surface area contributed by atoms with E-state index in [1.54, 1.807) is 10.9 Å². The number of furan rings is 1. The predicted molar refractivity (Wildman–Crippen MR) is 75.2 cm³/mol. The lowest BCUT2D eigenvalue weighted by Gasteiger charge is -2.06. The molecule has 0 atom stereocenters. The summed E-state index contributed by atoms with van der Waals surface area (Å²) in [6, 6.07) is 9.93. The monoisotopic (exact) mass is 253 g/mol. The second-order valence-electron chi connectivity index (χ2n) is 4.64. The van der Waals surface area contributed by atoms with Crippen LogP contribution in [0.4, 0.5) is 5.69 Å². The van der Waals surface area contributed by atoms with Gasteiger partial charge in [-0.05, 0) is 43.2 Å². The Morgan fingerprint density at radius 1 is 1.21 bits per heavy atom. The van der Waals surface area contributed by atoms with Gasteiger partial charge in [-0.2, -0.15) is 5.10 Å². The average molecular weight is 253 g/mol. The fourth-order valence-corrected chi connectivity index (χ4v) is 2.08. The first-order chi connectivity index (χ1) is 9.15. The van der Waals surface area contributed by atoms with Crippen molar-refractivity contribution in [1.29, 1.82) is 0 Å². The number of nitrogen functional groups attached to an aromatic ring is 1. The first-order valence-electron chi connectivity index (χ1n) is 6.12. The molecule has 4 nitrogen and oxygen atoms in total. The summed E-state index contributed by atoms with van der Waals surface area (Å²) >= 11 is 0. The minimum atomic E-state index is 0.607. The van der Waals surface area contributed by atoms with Crippen molar-refractivity contribution in [2.75, 3.05) is 5.73 Å². The summed E-state index contributed by atoms with van der Waals surface area (Å²) in [7, 11) is 0. The minimum absolute atomic E-state index is 0.607. The van der Waals surface area contributed by atoms with Crippen LogP contribution in [-0.2, 0) is 0 Å². The SMILES string of the molecule is Cc1ccc(C)c(-n2cc(N)c(-c3ccco3)n2)c1. The van der Waals surface area contributed by atoms with E-state index in [4.69, 9.17) is 10.2 Å². The zero-order valence-electron chi connectivity index (χ0n) is 10.9. The van der Waals surface area contributed by atoms with Crippen LogP contribution in [0.15, 0.2) is 47.2 Å². The molecule has 0 spiro atoms. The molecule has 0 saturated heterocycles. The second-order valence-corrected chi connectivity index (χ2v) is 4.64. The first kappa shape index (κ1) is 11.6. The van der Waals surface area contributed by atoms with Gasteiger partial charge in [0.2, 0.25) is 0 Å². The maximum Gasteiger partial charge on any atom is 0.156 e. The fraction of sp³-hybridized carbons (Fsp3) is 0.133. The van der Waals surface area contributed by atoms with Gasteiger partial charge in [-0.25, -0.2) is 4.68 Å². The molecule has 0 unspecified atom stereocenters. The lowest BCUT2D eigenvalue weighted by Crippen LogP contribution is -1.98. The standard InChI is InChI=1S/C15H15N3O/c1-10-5-6-11(2)13(8-10)18-9-12(16)15(17-18)14-4-3-7-19-14/h3-9H,16H2,1-2H3. The Hall–Kier alpha value is -2.49. The molecule has 0 saturated carbocycles. The van der Waals surface area contributed by atoms with E-state index in [2.05, 4.69) is 37.1 Å². The van der Waals surface area contributed by atoms with Crippen LogP contribution >= 0.6 is 0 Å². The quantitative estimate of drug-likeness (QED) is 0.762. The summed E-state index contributed by atoms with van der Waals surface area (Å²) < 4.78 is 7.15. The fourth-order valence-electron chi connectivity index (χ4n) is 2.08. The largest absolute Gasteiger partial charge is 0.463 e. The van der Waals surface area contributed by atoms with Gasteiger partial charge in [0, 0.05) is 0 Å². The smallest absolute Gasteiger partial charge is 0.156 e.